The van der Waals surface area contributed by atoms with E-state index < -0.39 is 0 Å². The van der Waals surface area contributed by atoms with E-state index in [1.807, 2.05) is 25.7 Å². The minimum atomic E-state index is -0.197. The van der Waals surface area contributed by atoms with Gasteiger partial charge in [0.15, 0.2) is 0 Å². The predicted molar refractivity (Wildman–Crippen MR) is 62.8 cm³/mol. The number of rotatable bonds is 7. The molecular formula is C11H24N2O2. The van der Waals surface area contributed by atoms with Crippen molar-refractivity contribution in [2.45, 2.75) is 39.7 Å². The number of Topliss-reactive ketones (excluding diaryl/α,β-unsaturated/α-hetero) is 1. The molecule has 0 saturated carbocycles. The quantitative estimate of drug-likeness (QED) is 0.641. The van der Waals surface area contributed by atoms with Crippen molar-refractivity contribution in [2.75, 3.05) is 20.1 Å². The monoisotopic (exact) mass is 216 g/mol. The molecule has 0 radical (unpaired) electrons. The summed E-state index contributed by atoms with van der Waals surface area (Å²) in [5.74, 6) is 0.163. The van der Waals surface area contributed by atoms with Gasteiger partial charge in [-0.25, -0.2) is 0 Å². The first-order chi connectivity index (χ1) is 7.21. The van der Waals surface area contributed by atoms with E-state index in [2.05, 4.69) is 5.73 Å². The molecule has 0 aromatic heterocycles. The third-order valence-electron chi connectivity index (χ3n) is 2.29. The Kier molecular flexibility index (Phi) is 12.6. The minimum Gasteiger partial charge on any atom is -0.333 e. The van der Waals surface area contributed by atoms with Crippen LogP contribution in [0.15, 0.2) is 0 Å². The molecule has 0 aliphatic heterocycles. The molecule has 0 rings (SSSR count). The Morgan fingerprint density at radius 3 is 2.00 bits per heavy atom. The van der Waals surface area contributed by atoms with Crippen LogP contribution >= 0.6 is 0 Å². The second kappa shape index (κ2) is 11.3. The summed E-state index contributed by atoms with van der Waals surface area (Å²) in [4.78, 5) is 23.9. The van der Waals surface area contributed by atoms with Gasteiger partial charge in [0.05, 0.1) is 6.04 Å². The smallest absolute Gasteiger partial charge is 0.150 e. The Labute approximate surface area is 92.8 Å². The average molecular weight is 216 g/mol. The molecule has 0 aliphatic rings. The third-order valence-corrected chi connectivity index (χ3v) is 2.29. The van der Waals surface area contributed by atoms with Crippen molar-refractivity contribution in [3.8, 4) is 0 Å². The standard InChI is InChI=1S/C10H19NO2.CH5N/c1-4-10(13)9(7-8-12)11(5-2)6-3;1-2/h8-9H,4-7H2,1-3H3;2H2,1H3. The first kappa shape index (κ1) is 16.7. The van der Waals surface area contributed by atoms with Crippen LogP contribution in [0.25, 0.3) is 0 Å². The number of carbonyl (C=O) groups excluding carboxylic acids is 2. The van der Waals surface area contributed by atoms with E-state index in [4.69, 9.17) is 0 Å². The van der Waals surface area contributed by atoms with Crippen LogP contribution in [0.4, 0.5) is 0 Å². The molecule has 0 bridgehead atoms. The maximum Gasteiger partial charge on any atom is 0.150 e. The van der Waals surface area contributed by atoms with Gasteiger partial charge in [0, 0.05) is 12.8 Å². The lowest BCUT2D eigenvalue weighted by molar-refractivity contribution is -0.126. The van der Waals surface area contributed by atoms with Gasteiger partial charge in [-0.1, -0.05) is 20.8 Å². The van der Waals surface area contributed by atoms with Gasteiger partial charge >= 0.3 is 0 Å². The van der Waals surface area contributed by atoms with Crippen molar-refractivity contribution in [3.05, 3.63) is 0 Å². The van der Waals surface area contributed by atoms with E-state index in [1.165, 1.54) is 7.05 Å². The van der Waals surface area contributed by atoms with Gasteiger partial charge in [0.2, 0.25) is 0 Å². The lowest BCUT2D eigenvalue weighted by Crippen LogP contribution is -2.41. The van der Waals surface area contributed by atoms with Gasteiger partial charge in [0.25, 0.3) is 0 Å². The van der Waals surface area contributed by atoms with Crippen molar-refractivity contribution < 1.29 is 9.59 Å². The SMILES string of the molecule is CCC(=O)C(CC=O)N(CC)CC.CN. The molecule has 90 valence electrons. The van der Waals surface area contributed by atoms with Gasteiger partial charge in [-0.3, -0.25) is 9.69 Å². The van der Waals surface area contributed by atoms with Crippen molar-refractivity contribution in [2.24, 2.45) is 5.73 Å². The molecule has 1 unspecified atom stereocenters. The molecule has 0 aromatic carbocycles. The molecule has 0 heterocycles. The van der Waals surface area contributed by atoms with Crippen LogP contribution in [0, 0.1) is 0 Å². The van der Waals surface area contributed by atoms with Gasteiger partial charge in [0.1, 0.15) is 12.1 Å². The van der Waals surface area contributed by atoms with Gasteiger partial charge in [-0.15, -0.1) is 0 Å². The number of aldehydes is 1. The molecule has 0 saturated heterocycles. The van der Waals surface area contributed by atoms with Gasteiger partial charge in [-0.2, -0.15) is 0 Å². The summed E-state index contributed by atoms with van der Waals surface area (Å²) in [6.07, 6.45) is 1.67. The summed E-state index contributed by atoms with van der Waals surface area (Å²) in [5, 5.41) is 0. The Morgan fingerprint density at radius 2 is 1.73 bits per heavy atom. The highest BCUT2D eigenvalue weighted by molar-refractivity contribution is 5.85. The van der Waals surface area contributed by atoms with Gasteiger partial charge in [-0.05, 0) is 20.1 Å². The maximum atomic E-state index is 11.5. The molecule has 0 spiro atoms. The highest BCUT2D eigenvalue weighted by Gasteiger charge is 2.21. The summed E-state index contributed by atoms with van der Waals surface area (Å²) in [6, 6.07) is -0.197. The first-order valence-electron chi connectivity index (χ1n) is 5.49. The Bertz CT molecular complexity index is 168. The first-order valence-corrected chi connectivity index (χ1v) is 5.49. The normalized spacial score (nSPS) is 11.6. The number of hydrogen-bond donors (Lipinski definition) is 1. The molecule has 0 aromatic rings. The molecule has 4 nitrogen and oxygen atoms in total. The molecule has 2 N–H and O–H groups in total. The lowest BCUT2D eigenvalue weighted by Gasteiger charge is -2.26. The van der Waals surface area contributed by atoms with Crippen LogP contribution in [0.1, 0.15) is 33.6 Å². The van der Waals surface area contributed by atoms with Crippen LogP contribution in [-0.2, 0) is 9.59 Å². The Balaban J connectivity index is 0. The van der Waals surface area contributed by atoms with E-state index in [0.29, 0.717) is 12.8 Å². The number of hydrogen-bond acceptors (Lipinski definition) is 4. The van der Waals surface area contributed by atoms with Crippen LogP contribution in [-0.4, -0.2) is 43.1 Å². The fourth-order valence-corrected chi connectivity index (χ4v) is 1.48. The average Bonchev–Trinajstić information content (AvgIpc) is 2.31. The number of nitrogens with two attached hydrogens (primary N) is 1. The van der Waals surface area contributed by atoms with Crippen LogP contribution in [0.3, 0.4) is 0 Å². The van der Waals surface area contributed by atoms with Crippen LogP contribution in [0.5, 0.6) is 0 Å². The van der Waals surface area contributed by atoms with E-state index >= 15 is 0 Å². The summed E-state index contributed by atoms with van der Waals surface area (Å²) in [7, 11) is 1.50. The number of nitrogens with zero attached hydrogens (tertiary/aromatic N) is 1. The second-order valence-electron chi connectivity index (χ2n) is 2.96. The van der Waals surface area contributed by atoms with Crippen molar-refractivity contribution in [1.82, 2.24) is 4.90 Å². The fraction of sp³-hybridized carbons (Fsp3) is 0.818. The molecule has 4 heteroatoms. The largest absolute Gasteiger partial charge is 0.333 e. The van der Waals surface area contributed by atoms with E-state index in [0.717, 1.165) is 19.4 Å². The van der Waals surface area contributed by atoms with E-state index in [-0.39, 0.29) is 11.8 Å². The fourth-order valence-electron chi connectivity index (χ4n) is 1.48. The van der Waals surface area contributed by atoms with E-state index in [9.17, 15) is 9.59 Å². The topological polar surface area (TPSA) is 63.4 Å². The molecule has 1 atom stereocenters. The lowest BCUT2D eigenvalue weighted by atomic mass is 10.1. The number of likely N-dealkylation sites (N-methyl/N-ethyl adjacent to an activating group) is 1. The highest BCUT2D eigenvalue weighted by Crippen LogP contribution is 2.06. The maximum absolute atomic E-state index is 11.5. The Hall–Kier alpha value is -0.740. The van der Waals surface area contributed by atoms with Gasteiger partial charge < -0.3 is 10.5 Å². The highest BCUT2D eigenvalue weighted by atomic mass is 16.1. The molecule has 15 heavy (non-hydrogen) atoms. The third kappa shape index (κ3) is 6.36. The molecule has 0 fully saturated rings. The molecule has 0 amide bonds. The van der Waals surface area contributed by atoms with Crippen molar-refractivity contribution >= 4 is 12.1 Å². The van der Waals surface area contributed by atoms with Crippen molar-refractivity contribution in [1.29, 1.82) is 0 Å². The van der Waals surface area contributed by atoms with Crippen molar-refractivity contribution in [3.63, 3.8) is 0 Å². The predicted octanol–water partition coefficient (Wildman–Crippen LogP) is 0.840. The number of ketones is 1. The van der Waals surface area contributed by atoms with E-state index in [1.54, 1.807) is 0 Å². The zero-order valence-corrected chi connectivity index (χ0v) is 10.3. The number of carbonyl (C=O) groups is 2. The zero-order chi connectivity index (χ0) is 12.3. The van der Waals surface area contributed by atoms with Crippen LogP contribution < -0.4 is 5.73 Å². The summed E-state index contributed by atoms with van der Waals surface area (Å²) in [5.41, 5.74) is 4.50. The molecular weight excluding hydrogens is 192 g/mol. The van der Waals surface area contributed by atoms with Crippen LogP contribution in [0.2, 0.25) is 0 Å². The summed E-state index contributed by atoms with van der Waals surface area (Å²) >= 11 is 0. The summed E-state index contributed by atoms with van der Waals surface area (Å²) < 4.78 is 0. The summed E-state index contributed by atoms with van der Waals surface area (Å²) in [6.45, 7) is 7.49. The zero-order valence-electron chi connectivity index (χ0n) is 10.3. The molecule has 0 aliphatic carbocycles. The second-order valence-corrected chi connectivity index (χ2v) is 2.96. The Morgan fingerprint density at radius 1 is 1.27 bits per heavy atom. The minimum absolute atomic E-state index is 0.163.